The number of hydrogen-bond donors (Lipinski definition) is 1. The zero-order valence-corrected chi connectivity index (χ0v) is 10.2. The van der Waals surface area contributed by atoms with E-state index in [4.69, 9.17) is 5.73 Å². The number of amides is 1. The third-order valence-electron chi connectivity index (χ3n) is 2.94. The molecule has 1 aliphatic rings. The zero-order valence-electron chi connectivity index (χ0n) is 10.2. The van der Waals surface area contributed by atoms with E-state index >= 15 is 0 Å². The molecule has 1 aliphatic heterocycles. The molecule has 2 N–H and O–H groups in total. The highest BCUT2D eigenvalue weighted by molar-refractivity contribution is 5.76. The molecule has 1 amide bonds. The number of halogens is 3. The van der Waals surface area contributed by atoms with Crippen LogP contribution in [-0.2, 0) is 9.53 Å². The summed E-state index contributed by atoms with van der Waals surface area (Å²) in [6, 6.07) is 0. The predicted octanol–water partition coefficient (Wildman–Crippen LogP) is 1.15. The second kappa shape index (κ2) is 6.94. The van der Waals surface area contributed by atoms with Gasteiger partial charge in [-0.25, -0.2) is 0 Å². The van der Waals surface area contributed by atoms with E-state index in [1.165, 1.54) is 0 Å². The molecule has 0 aromatic rings. The molecule has 0 saturated carbocycles. The minimum absolute atomic E-state index is 0.00538. The monoisotopic (exact) mass is 268 g/mol. The van der Waals surface area contributed by atoms with Crippen LogP contribution in [0.15, 0.2) is 0 Å². The molecule has 4 nitrogen and oxygen atoms in total. The number of nitrogens with zero attached hydrogens (tertiary/aromatic N) is 1. The Kier molecular flexibility index (Phi) is 5.87. The summed E-state index contributed by atoms with van der Waals surface area (Å²) in [7, 11) is 0. The number of ether oxygens (including phenoxy) is 1. The lowest BCUT2D eigenvalue weighted by atomic mass is 10.1. The van der Waals surface area contributed by atoms with Crippen LogP contribution in [0.2, 0.25) is 0 Å². The summed E-state index contributed by atoms with van der Waals surface area (Å²) in [5.41, 5.74) is 5.44. The molecule has 18 heavy (non-hydrogen) atoms. The third kappa shape index (κ3) is 5.68. The maximum Gasteiger partial charge on any atom is 0.411 e. The lowest BCUT2D eigenvalue weighted by molar-refractivity contribution is -0.175. The quantitative estimate of drug-likeness (QED) is 0.735. The number of alkyl halides is 3. The van der Waals surface area contributed by atoms with Crippen molar-refractivity contribution in [2.45, 2.75) is 25.4 Å². The van der Waals surface area contributed by atoms with Gasteiger partial charge in [0.2, 0.25) is 5.91 Å². The molecular weight excluding hydrogens is 249 g/mol. The minimum Gasteiger partial charge on any atom is -0.372 e. The molecule has 1 atom stereocenters. The van der Waals surface area contributed by atoms with Crippen LogP contribution in [0.5, 0.6) is 0 Å². The van der Waals surface area contributed by atoms with Crippen LogP contribution in [0.4, 0.5) is 13.2 Å². The van der Waals surface area contributed by atoms with Gasteiger partial charge in [-0.05, 0) is 25.3 Å². The van der Waals surface area contributed by atoms with Gasteiger partial charge in [0.15, 0.2) is 0 Å². The van der Waals surface area contributed by atoms with Crippen LogP contribution in [0.3, 0.4) is 0 Å². The Hall–Kier alpha value is -0.820. The largest absolute Gasteiger partial charge is 0.411 e. The molecule has 0 radical (unpaired) electrons. The Morgan fingerprint density at radius 3 is 2.78 bits per heavy atom. The molecule has 7 heteroatoms. The number of nitrogens with two attached hydrogens (primary N) is 1. The van der Waals surface area contributed by atoms with Crippen molar-refractivity contribution in [3.05, 3.63) is 0 Å². The highest BCUT2D eigenvalue weighted by Gasteiger charge is 2.28. The van der Waals surface area contributed by atoms with Gasteiger partial charge < -0.3 is 15.4 Å². The van der Waals surface area contributed by atoms with Crippen molar-refractivity contribution in [3.8, 4) is 0 Å². The molecular formula is C11H19F3N2O2. The van der Waals surface area contributed by atoms with Crippen LogP contribution in [0.1, 0.15) is 19.3 Å². The Bertz CT molecular complexity index is 272. The number of carbonyl (C=O) groups excluding carboxylic acids is 1. The number of carbonyl (C=O) groups is 1. The van der Waals surface area contributed by atoms with Gasteiger partial charge in [0.25, 0.3) is 0 Å². The predicted molar refractivity (Wildman–Crippen MR) is 59.8 cm³/mol. The number of rotatable bonds is 6. The van der Waals surface area contributed by atoms with Gasteiger partial charge in [-0.15, -0.1) is 0 Å². The molecule has 1 fully saturated rings. The Balaban J connectivity index is 2.14. The molecule has 1 rings (SSSR count). The highest BCUT2D eigenvalue weighted by Crippen LogP contribution is 2.19. The summed E-state index contributed by atoms with van der Waals surface area (Å²) in [4.78, 5) is 13.3. The third-order valence-corrected chi connectivity index (χ3v) is 2.94. The fourth-order valence-electron chi connectivity index (χ4n) is 2.04. The van der Waals surface area contributed by atoms with Crippen molar-refractivity contribution in [1.82, 2.24) is 4.90 Å². The summed E-state index contributed by atoms with van der Waals surface area (Å²) in [6.07, 6.45) is -2.52. The lowest BCUT2D eigenvalue weighted by Gasteiger charge is -2.16. The fraction of sp³-hybridized carbons (Fsp3) is 0.909. The van der Waals surface area contributed by atoms with Crippen LogP contribution in [-0.4, -0.2) is 49.8 Å². The summed E-state index contributed by atoms with van der Waals surface area (Å²) in [5, 5.41) is 0. The Morgan fingerprint density at radius 2 is 2.17 bits per heavy atom. The van der Waals surface area contributed by atoms with Crippen molar-refractivity contribution in [1.29, 1.82) is 0 Å². The van der Waals surface area contributed by atoms with E-state index in [9.17, 15) is 18.0 Å². The van der Waals surface area contributed by atoms with Crippen LogP contribution in [0.25, 0.3) is 0 Å². The fourth-order valence-corrected chi connectivity index (χ4v) is 2.04. The molecule has 1 unspecified atom stereocenters. The standard InChI is InChI=1S/C11H19F3N2O2/c12-11(13,14)8-18-6-3-10(17)16-5-2-9(7-16)1-4-15/h9H,1-8,15H2. The van der Waals surface area contributed by atoms with Crippen molar-refractivity contribution in [3.63, 3.8) is 0 Å². The first-order valence-corrected chi connectivity index (χ1v) is 6.04. The van der Waals surface area contributed by atoms with Crippen molar-refractivity contribution in [2.24, 2.45) is 11.7 Å². The van der Waals surface area contributed by atoms with Gasteiger partial charge in [0.05, 0.1) is 13.0 Å². The van der Waals surface area contributed by atoms with E-state index in [1.54, 1.807) is 4.90 Å². The first kappa shape index (κ1) is 15.2. The van der Waals surface area contributed by atoms with E-state index < -0.39 is 12.8 Å². The van der Waals surface area contributed by atoms with Gasteiger partial charge in [-0.2, -0.15) is 13.2 Å². The number of hydrogen-bond acceptors (Lipinski definition) is 3. The SMILES string of the molecule is NCCC1CCN(C(=O)CCOCC(F)(F)F)C1. The Labute approximate surface area is 104 Å². The van der Waals surface area contributed by atoms with Gasteiger partial charge in [-0.3, -0.25) is 4.79 Å². The van der Waals surface area contributed by atoms with E-state index in [0.717, 1.165) is 12.8 Å². The van der Waals surface area contributed by atoms with Crippen LogP contribution >= 0.6 is 0 Å². The Morgan fingerprint density at radius 1 is 1.44 bits per heavy atom. The van der Waals surface area contributed by atoms with Crippen molar-refractivity contribution in [2.75, 3.05) is 32.8 Å². The zero-order chi connectivity index (χ0) is 13.6. The maximum absolute atomic E-state index is 11.8. The molecule has 0 aliphatic carbocycles. The van der Waals surface area contributed by atoms with Gasteiger partial charge in [0.1, 0.15) is 6.61 Å². The van der Waals surface area contributed by atoms with Crippen LogP contribution < -0.4 is 5.73 Å². The second-order valence-corrected chi connectivity index (χ2v) is 4.49. The van der Waals surface area contributed by atoms with Gasteiger partial charge in [-0.1, -0.05) is 0 Å². The topological polar surface area (TPSA) is 55.6 Å². The van der Waals surface area contributed by atoms with Crippen LogP contribution in [0, 0.1) is 5.92 Å². The molecule has 0 bridgehead atoms. The molecule has 1 saturated heterocycles. The molecule has 0 aromatic heterocycles. The van der Waals surface area contributed by atoms with E-state index in [2.05, 4.69) is 4.74 Å². The lowest BCUT2D eigenvalue weighted by Crippen LogP contribution is -2.30. The maximum atomic E-state index is 11.8. The first-order chi connectivity index (χ1) is 8.42. The van der Waals surface area contributed by atoms with Crippen molar-refractivity contribution < 1.29 is 22.7 Å². The van der Waals surface area contributed by atoms with Gasteiger partial charge >= 0.3 is 6.18 Å². The van der Waals surface area contributed by atoms with Crippen molar-refractivity contribution >= 4 is 5.91 Å². The second-order valence-electron chi connectivity index (χ2n) is 4.49. The summed E-state index contributed by atoms with van der Waals surface area (Å²) >= 11 is 0. The minimum atomic E-state index is -4.33. The normalized spacial score (nSPS) is 20.4. The summed E-state index contributed by atoms with van der Waals surface area (Å²) in [6.45, 7) is 0.450. The van der Waals surface area contributed by atoms with E-state index in [-0.39, 0.29) is 18.9 Å². The average Bonchev–Trinajstić information content (AvgIpc) is 2.72. The molecule has 1 heterocycles. The smallest absolute Gasteiger partial charge is 0.372 e. The van der Waals surface area contributed by atoms with Gasteiger partial charge in [0, 0.05) is 13.1 Å². The van der Waals surface area contributed by atoms with E-state index in [1.807, 2.05) is 0 Å². The number of likely N-dealkylation sites (tertiary alicyclic amines) is 1. The average molecular weight is 268 g/mol. The summed E-state index contributed by atoms with van der Waals surface area (Å²) < 4.78 is 39.8. The summed E-state index contributed by atoms with van der Waals surface area (Å²) in [5.74, 6) is 0.284. The molecule has 0 aromatic carbocycles. The molecule has 106 valence electrons. The highest BCUT2D eigenvalue weighted by atomic mass is 19.4. The first-order valence-electron chi connectivity index (χ1n) is 6.04. The van der Waals surface area contributed by atoms with E-state index in [0.29, 0.717) is 25.6 Å². The molecule has 0 spiro atoms.